The van der Waals surface area contributed by atoms with E-state index in [0.717, 1.165) is 41.7 Å². The van der Waals surface area contributed by atoms with Gasteiger partial charge < -0.3 is 4.57 Å². The van der Waals surface area contributed by atoms with Gasteiger partial charge in [0.15, 0.2) is 0 Å². The van der Waals surface area contributed by atoms with Crippen LogP contribution in [0.25, 0.3) is 11.0 Å². The lowest BCUT2D eigenvalue weighted by Gasteiger charge is -2.14. The Morgan fingerprint density at radius 2 is 1.62 bits per heavy atom. The number of unbranched alkanes of at least 4 members (excludes halogenated alkanes) is 1. The van der Waals surface area contributed by atoms with E-state index < -0.39 is 15.9 Å². The van der Waals surface area contributed by atoms with Gasteiger partial charge in [0.1, 0.15) is 5.82 Å². The Kier molecular flexibility index (Phi) is 6.37. The highest BCUT2D eigenvalue weighted by Crippen LogP contribution is 2.21. The highest BCUT2D eigenvalue weighted by molar-refractivity contribution is 7.90. The first kappa shape index (κ1) is 21.8. The summed E-state index contributed by atoms with van der Waals surface area (Å²) in [4.78, 5) is 17.8. The van der Waals surface area contributed by atoms with Crippen molar-refractivity contribution in [3.8, 4) is 0 Å². The predicted octanol–water partition coefficient (Wildman–Crippen LogP) is 4.55. The summed E-state index contributed by atoms with van der Waals surface area (Å²) in [5, 5.41) is 0. The van der Waals surface area contributed by atoms with Crippen molar-refractivity contribution < 1.29 is 13.2 Å². The number of rotatable bonds is 8. The molecule has 0 atom stereocenters. The highest BCUT2D eigenvalue weighted by Gasteiger charge is 2.21. The van der Waals surface area contributed by atoms with Crippen molar-refractivity contribution in [3.05, 3.63) is 95.8 Å². The molecule has 0 aliphatic rings. The minimum Gasteiger partial charge on any atom is -0.323 e. The Bertz CT molecular complexity index is 1350. The van der Waals surface area contributed by atoms with E-state index in [1.165, 1.54) is 12.1 Å². The van der Waals surface area contributed by atoms with Crippen LogP contribution in [-0.2, 0) is 23.0 Å². The molecular weight excluding hydrogens is 422 g/mol. The van der Waals surface area contributed by atoms with Crippen molar-refractivity contribution in [2.45, 2.75) is 37.6 Å². The van der Waals surface area contributed by atoms with E-state index in [4.69, 9.17) is 4.98 Å². The quantitative estimate of drug-likeness (QED) is 0.430. The van der Waals surface area contributed by atoms with Crippen LogP contribution in [0.1, 0.15) is 41.5 Å². The average Bonchev–Trinajstić information content (AvgIpc) is 3.15. The smallest absolute Gasteiger partial charge is 0.265 e. The predicted molar refractivity (Wildman–Crippen MR) is 125 cm³/mol. The van der Waals surface area contributed by atoms with Crippen LogP contribution in [0.3, 0.4) is 0 Å². The molecule has 0 radical (unpaired) electrons. The number of nitrogens with zero attached hydrogens (tertiary/aromatic N) is 2. The van der Waals surface area contributed by atoms with Crippen LogP contribution in [-0.4, -0.2) is 23.9 Å². The summed E-state index contributed by atoms with van der Waals surface area (Å²) in [7, 11) is -3.96. The number of benzene rings is 3. The molecule has 0 aliphatic heterocycles. The molecule has 0 aliphatic carbocycles. The van der Waals surface area contributed by atoms with Gasteiger partial charge in [-0.1, -0.05) is 61.9 Å². The first-order valence-electron chi connectivity index (χ1n) is 10.6. The van der Waals surface area contributed by atoms with Gasteiger partial charge in [-0.3, -0.25) is 4.79 Å². The lowest BCUT2D eigenvalue weighted by Crippen LogP contribution is -2.31. The zero-order valence-corrected chi connectivity index (χ0v) is 18.7. The van der Waals surface area contributed by atoms with Crippen LogP contribution in [0.2, 0.25) is 0 Å². The third kappa shape index (κ3) is 4.57. The zero-order chi connectivity index (χ0) is 22.6. The summed E-state index contributed by atoms with van der Waals surface area (Å²) >= 11 is 0. The summed E-state index contributed by atoms with van der Waals surface area (Å²) in [5.74, 6) is 0.309. The normalized spacial score (nSPS) is 11.5. The summed E-state index contributed by atoms with van der Waals surface area (Å²) in [6.07, 6.45) is 2.91. The number of imidazole rings is 1. The Morgan fingerprint density at radius 3 is 2.41 bits per heavy atom. The molecule has 4 rings (SSSR count). The van der Waals surface area contributed by atoms with E-state index in [0.29, 0.717) is 12.1 Å². The summed E-state index contributed by atoms with van der Waals surface area (Å²) in [5.41, 5.74) is 2.96. The number of hydrogen-bond acceptors (Lipinski definition) is 4. The van der Waals surface area contributed by atoms with E-state index >= 15 is 0 Å². The molecule has 3 aromatic carbocycles. The number of nitrogens with one attached hydrogen (secondary N) is 1. The van der Waals surface area contributed by atoms with Gasteiger partial charge in [0, 0.05) is 12.0 Å². The van der Waals surface area contributed by atoms with Crippen molar-refractivity contribution in [2.24, 2.45) is 0 Å². The molecular formula is C25H25N3O3S. The Morgan fingerprint density at radius 1 is 0.938 bits per heavy atom. The number of fused-ring (bicyclic) bond motifs is 1. The van der Waals surface area contributed by atoms with E-state index in [1.807, 2.05) is 36.4 Å². The van der Waals surface area contributed by atoms with Gasteiger partial charge in [0.25, 0.3) is 15.9 Å². The van der Waals surface area contributed by atoms with Gasteiger partial charge in [0.2, 0.25) is 0 Å². The highest BCUT2D eigenvalue weighted by atomic mass is 32.2. The second-order valence-electron chi connectivity index (χ2n) is 7.61. The fourth-order valence-corrected chi connectivity index (χ4v) is 4.70. The van der Waals surface area contributed by atoms with Crippen LogP contribution in [0.5, 0.6) is 0 Å². The van der Waals surface area contributed by atoms with Crippen LogP contribution >= 0.6 is 0 Å². The molecule has 1 aromatic heterocycles. The maximum atomic E-state index is 13.0. The topological polar surface area (TPSA) is 81.1 Å². The first-order chi connectivity index (χ1) is 15.5. The van der Waals surface area contributed by atoms with Crippen LogP contribution < -0.4 is 4.72 Å². The first-order valence-corrected chi connectivity index (χ1v) is 12.1. The van der Waals surface area contributed by atoms with E-state index in [-0.39, 0.29) is 4.90 Å². The molecule has 0 spiro atoms. The molecule has 0 unspecified atom stereocenters. The largest absolute Gasteiger partial charge is 0.323 e. The van der Waals surface area contributed by atoms with Gasteiger partial charge in [-0.25, -0.2) is 18.1 Å². The number of para-hydroxylation sites is 2. The second-order valence-corrected chi connectivity index (χ2v) is 9.29. The van der Waals surface area contributed by atoms with Gasteiger partial charge in [0.05, 0.1) is 22.5 Å². The number of carbonyl (C=O) groups excluding carboxylic acids is 1. The van der Waals surface area contributed by atoms with Crippen molar-refractivity contribution in [1.29, 1.82) is 0 Å². The molecule has 1 N–H and O–H groups in total. The van der Waals surface area contributed by atoms with Crippen molar-refractivity contribution in [3.63, 3.8) is 0 Å². The van der Waals surface area contributed by atoms with Gasteiger partial charge >= 0.3 is 0 Å². The average molecular weight is 448 g/mol. The summed E-state index contributed by atoms with van der Waals surface area (Å²) < 4.78 is 29.6. The molecule has 0 saturated carbocycles. The molecule has 164 valence electrons. The Hall–Kier alpha value is -3.45. The third-order valence-corrected chi connectivity index (χ3v) is 6.71. The maximum absolute atomic E-state index is 13.0. The Balaban J connectivity index is 1.67. The third-order valence-electron chi connectivity index (χ3n) is 5.36. The molecule has 1 heterocycles. The molecule has 0 bridgehead atoms. The summed E-state index contributed by atoms with van der Waals surface area (Å²) in [6, 6.07) is 22.9. The van der Waals surface area contributed by atoms with Gasteiger partial charge in [-0.2, -0.15) is 0 Å². The maximum Gasteiger partial charge on any atom is 0.265 e. The van der Waals surface area contributed by atoms with Crippen molar-refractivity contribution in [1.82, 2.24) is 14.3 Å². The number of aromatic nitrogens is 2. The minimum atomic E-state index is -3.96. The Labute approximate surface area is 188 Å². The van der Waals surface area contributed by atoms with Crippen molar-refractivity contribution in [2.75, 3.05) is 0 Å². The second kappa shape index (κ2) is 9.36. The molecule has 6 nitrogen and oxygen atoms in total. The molecule has 0 saturated heterocycles. The number of carbonyl (C=O) groups is 1. The summed E-state index contributed by atoms with van der Waals surface area (Å²) in [6.45, 7) is 2.56. The van der Waals surface area contributed by atoms with Crippen LogP contribution in [0.4, 0.5) is 0 Å². The fraction of sp³-hybridized carbons (Fsp3) is 0.200. The molecule has 1 amide bonds. The monoisotopic (exact) mass is 447 g/mol. The molecule has 7 heteroatoms. The van der Waals surface area contributed by atoms with Crippen LogP contribution in [0, 0.1) is 0 Å². The molecule has 4 aromatic rings. The van der Waals surface area contributed by atoms with Crippen molar-refractivity contribution >= 4 is 27.0 Å². The van der Waals surface area contributed by atoms with Crippen LogP contribution in [0.15, 0.2) is 83.8 Å². The molecule has 0 fully saturated rings. The number of hydrogen-bond donors (Lipinski definition) is 1. The van der Waals surface area contributed by atoms with Gasteiger partial charge in [-0.05, 0) is 42.3 Å². The fourth-order valence-electron chi connectivity index (χ4n) is 3.71. The lowest BCUT2D eigenvalue weighted by molar-refractivity contribution is 0.0980. The standard InChI is InChI=1S/C25H25N3O3S/c1-2-3-17-24-26-22-15-9-10-16-23(22)28(24)18-19-11-7-8-14-21(19)25(29)27-32(30,31)20-12-5-4-6-13-20/h4-16H,2-3,17-18H2,1H3,(H,27,29). The van der Waals surface area contributed by atoms with Gasteiger partial charge in [-0.15, -0.1) is 0 Å². The zero-order valence-electron chi connectivity index (χ0n) is 17.9. The number of sulfonamides is 1. The van der Waals surface area contributed by atoms with E-state index in [1.54, 1.807) is 30.3 Å². The van der Waals surface area contributed by atoms with E-state index in [2.05, 4.69) is 16.2 Å². The SMILES string of the molecule is CCCCc1nc2ccccc2n1Cc1ccccc1C(=O)NS(=O)(=O)c1ccccc1. The minimum absolute atomic E-state index is 0.0493. The molecule has 32 heavy (non-hydrogen) atoms. The number of aryl methyl sites for hydroxylation is 1. The van der Waals surface area contributed by atoms with E-state index in [9.17, 15) is 13.2 Å². The lowest BCUT2D eigenvalue weighted by atomic mass is 10.1. The number of amides is 1.